The lowest BCUT2D eigenvalue weighted by Crippen LogP contribution is -2.41. The molecule has 0 radical (unpaired) electrons. The van der Waals surface area contributed by atoms with E-state index in [0.717, 1.165) is 62.6 Å². The minimum Gasteiger partial charge on any atom is -0.493 e. The van der Waals surface area contributed by atoms with Crippen LogP contribution in [0.1, 0.15) is 44.1 Å². The zero-order valence-corrected chi connectivity index (χ0v) is 20.2. The Morgan fingerprint density at radius 1 is 1.03 bits per heavy atom. The van der Waals surface area contributed by atoms with Crippen molar-refractivity contribution < 1.29 is 9.53 Å². The number of ether oxygens (including phenoxy) is 1. The van der Waals surface area contributed by atoms with Crippen molar-refractivity contribution in [3.8, 4) is 5.75 Å². The van der Waals surface area contributed by atoms with Crippen molar-refractivity contribution in [2.24, 2.45) is 5.92 Å². The lowest BCUT2D eigenvalue weighted by molar-refractivity contribution is 0.0638. The molecule has 0 aliphatic carbocycles. The number of aryl methyl sites for hydroxylation is 1. The predicted molar refractivity (Wildman–Crippen MR) is 134 cm³/mol. The maximum atomic E-state index is 12.8. The van der Waals surface area contributed by atoms with E-state index in [1.807, 2.05) is 24.0 Å². The SMILES string of the molecule is Cc1ccc(C(=O)N2CCC[C@@H](COc3ccc(CN4CCc5ccccc5C4)cc3)C2)s1. The predicted octanol–water partition coefficient (Wildman–Crippen LogP) is 5.55. The lowest BCUT2D eigenvalue weighted by Gasteiger charge is -2.32. The number of hydrogen-bond acceptors (Lipinski definition) is 4. The maximum Gasteiger partial charge on any atom is 0.263 e. The third kappa shape index (κ3) is 5.48. The van der Waals surface area contributed by atoms with Crippen molar-refractivity contribution in [1.82, 2.24) is 9.80 Å². The summed E-state index contributed by atoms with van der Waals surface area (Å²) in [6.45, 7) is 7.44. The molecule has 0 unspecified atom stereocenters. The lowest BCUT2D eigenvalue weighted by atomic mass is 9.99. The summed E-state index contributed by atoms with van der Waals surface area (Å²) >= 11 is 1.59. The zero-order valence-electron chi connectivity index (χ0n) is 19.3. The average Bonchev–Trinajstić information content (AvgIpc) is 3.29. The first-order chi connectivity index (χ1) is 16.1. The molecule has 33 heavy (non-hydrogen) atoms. The molecule has 2 aliphatic rings. The summed E-state index contributed by atoms with van der Waals surface area (Å²) in [4.78, 5) is 19.3. The Morgan fingerprint density at radius 2 is 1.85 bits per heavy atom. The fourth-order valence-corrected chi connectivity index (χ4v) is 5.78. The third-order valence-corrected chi connectivity index (χ3v) is 7.77. The summed E-state index contributed by atoms with van der Waals surface area (Å²) in [5.74, 6) is 1.47. The van der Waals surface area contributed by atoms with Crippen molar-refractivity contribution in [3.05, 3.63) is 87.1 Å². The van der Waals surface area contributed by atoms with Crippen LogP contribution in [-0.2, 0) is 19.5 Å². The highest BCUT2D eigenvalue weighted by Crippen LogP contribution is 2.24. The molecule has 0 N–H and O–H groups in total. The van der Waals surface area contributed by atoms with Gasteiger partial charge in [-0.25, -0.2) is 0 Å². The number of carbonyl (C=O) groups is 1. The molecular formula is C28H32N2O2S. The molecule has 2 aliphatic heterocycles. The number of hydrogen-bond donors (Lipinski definition) is 0. The quantitative estimate of drug-likeness (QED) is 0.484. The van der Waals surface area contributed by atoms with Gasteiger partial charge in [-0.05, 0) is 67.1 Å². The Morgan fingerprint density at radius 3 is 2.64 bits per heavy atom. The molecule has 1 aromatic heterocycles. The minimum absolute atomic E-state index is 0.169. The van der Waals surface area contributed by atoms with E-state index in [9.17, 15) is 4.79 Å². The van der Waals surface area contributed by atoms with Crippen LogP contribution in [0.15, 0.2) is 60.7 Å². The number of piperidine rings is 1. The Bertz CT molecular complexity index is 1090. The minimum atomic E-state index is 0.169. The van der Waals surface area contributed by atoms with Crippen LogP contribution in [0.5, 0.6) is 5.75 Å². The summed E-state index contributed by atoms with van der Waals surface area (Å²) < 4.78 is 6.13. The summed E-state index contributed by atoms with van der Waals surface area (Å²) in [7, 11) is 0. The highest BCUT2D eigenvalue weighted by atomic mass is 32.1. The number of carbonyl (C=O) groups excluding carboxylic acids is 1. The Hall–Kier alpha value is -2.63. The molecule has 172 valence electrons. The molecule has 0 spiro atoms. The van der Waals surface area contributed by atoms with Gasteiger partial charge in [-0.1, -0.05) is 36.4 Å². The molecule has 1 atom stereocenters. The third-order valence-electron chi connectivity index (χ3n) is 6.78. The van der Waals surface area contributed by atoms with Crippen LogP contribution in [0.2, 0.25) is 0 Å². The molecule has 0 saturated carbocycles. The van der Waals surface area contributed by atoms with Crippen LogP contribution in [0, 0.1) is 12.8 Å². The van der Waals surface area contributed by atoms with Gasteiger partial charge in [0.15, 0.2) is 0 Å². The second-order valence-corrected chi connectivity index (χ2v) is 10.6. The first kappa shape index (κ1) is 22.2. The molecule has 1 amide bonds. The first-order valence-corrected chi connectivity index (χ1v) is 12.8. The van der Waals surface area contributed by atoms with E-state index >= 15 is 0 Å². The fraction of sp³-hybridized carbons (Fsp3) is 0.393. The summed E-state index contributed by atoms with van der Waals surface area (Å²) in [6, 6.07) is 21.3. The van der Waals surface area contributed by atoms with E-state index in [0.29, 0.717) is 12.5 Å². The van der Waals surface area contributed by atoms with Gasteiger partial charge in [0.25, 0.3) is 5.91 Å². The Kier molecular flexibility index (Phi) is 6.79. The maximum absolute atomic E-state index is 12.8. The number of fused-ring (bicyclic) bond motifs is 1. The van der Waals surface area contributed by atoms with E-state index < -0.39 is 0 Å². The molecule has 1 saturated heterocycles. The smallest absolute Gasteiger partial charge is 0.263 e. The molecule has 2 aromatic carbocycles. The van der Waals surface area contributed by atoms with E-state index in [1.165, 1.54) is 21.6 Å². The molecule has 5 rings (SSSR count). The fourth-order valence-electron chi connectivity index (χ4n) is 4.94. The van der Waals surface area contributed by atoms with Gasteiger partial charge < -0.3 is 9.64 Å². The van der Waals surface area contributed by atoms with Crippen molar-refractivity contribution in [2.45, 2.75) is 39.3 Å². The molecule has 3 heterocycles. The summed E-state index contributed by atoms with van der Waals surface area (Å²) in [5.41, 5.74) is 4.27. The van der Waals surface area contributed by atoms with Gasteiger partial charge in [-0.2, -0.15) is 0 Å². The van der Waals surface area contributed by atoms with Gasteiger partial charge in [0, 0.05) is 43.5 Å². The van der Waals surface area contributed by atoms with Crippen LogP contribution in [0.25, 0.3) is 0 Å². The van der Waals surface area contributed by atoms with Crippen LogP contribution in [0.3, 0.4) is 0 Å². The molecule has 3 aromatic rings. The van der Waals surface area contributed by atoms with Gasteiger partial charge in [-0.15, -0.1) is 11.3 Å². The summed E-state index contributed by atoms with van der Waals surface area (Å²) in [5, 5.41) is 0. The molecule has 1 fully saturated rings. The highest BCUT2D eigenvalue weighted by molar-refractivity contribution is 7.13. The first-order valence-electron chi connectivity index (χ1n) is 12.0. The zero-order chi connectivity index (χ0) is 22.6. The van der Waals surface area contributed by atoms with Crippen LogP contribution in [-0.4, -0.2) is 41.9 Å². The van der Waals surface area contributed by atoms with Crippen molar-refractivity contribution >= 4 is 17.2 Å². The standard InChI is InChI=1S/C28H32N2O2S/c1-21-8-13-27(33-21)28(31)30-15-4-5-23(18-30)20-32-26-11-9-22(10-12-26)17-29-16-14-24-6-2-3-7-25(24)19-29/h2-3,6-13,23H,4-5,14-20H2,1H3/t23-/m1/s1. The number of nitrogens with zero attached hydrogens (tertiary/aromatic N) is 2. The van der Waals surface area contributed by atoms with E-state index in [2.05, 4.69) is 53.4 Å². The highest BCUT2D eigenvalue weighted by Gasteiger charge is 2.25. The van der Waals surface area contributed by atoms with E-state index in [4.69, 9.17) is 4.74 Å². The summed E-state index contributed by atoms with van der Waals surface area (Å²) in [6.07, 6.45) is 3.29. The van der Waals surface area contributed by atoms with Gasteiger partial charge >= 0.3 is 0 Å². The largest absolute Gasteiger partial charge is 0.493 e. The van der Waals surface area contributed by atoms with E-state index in [1.54, 1.807) is 11.3 Å². The molecular weight excluding hydrogens is 428 g/mol. The molecule has 0 bridgehead atoms. The number of rotatable bonds is 6. The van der Waals surface area contributed by atoms with Crippen LogP contribution in [0.4, 0.5) is 0 Å². The van der Waals surface area contributed by atoms with Crippen LogP contribution >= 0.6 is 11.3 Å². The number of benzene rings is 2. The topological polar surface area (TPSA) is 32.8 Å². The molecule has 4 nitrogen and oxygen atoms in total. The van der Waals surface area contributed by atoms with Gasteiger partial charge in [0.1, 0.15) is 5.75 Å². The normalized spacial score (nSPS) is 18.7. The van der Waals surface area contributed by atoms with Crippen LogP contribution < -0.4 is 4.74 Å². The van der Waals surface area contributed by atoms with E-state index in [-0.39, 0.29) is 5.91 Å². The van der Waals surface area contributed by atoms with Crippen molar-refractivity contribution in [2.75, 3.05) is 26.2 Å². The molecule has 5 heteroatoms. The second kappa shape index (κ2) is 10.1. The van der Waals surface area contributed by atoms with Gasteiger partial charge in [-0.3, -0.25) is 9.69 Å². The number of amides is 1. The number of likely N-dealkylation sites (tertiary alicyclic amines) is 1. The second-order valence-electron chi connectivity index (χ2n) is 9.35. The average molecular weight is 461 g/mol. The number of thiophene rings is 1. The van der Waals surface area contributed by atoms with Crippen molar-refractivity contribution in [3.63, 3.8) is 0 Å². The van der Waals surface area contributed by atoms with Gasteiger partial charge in [0.2, 0.25) is 0 Å². The monoisotopic (exact) mass is 460 g/mol. The van der Waals surface area contributed by atoms with Gasteiger partial charge in [0.05, 0.1) is 11.5 Å². The Labute approximate surface area is 200 Å². The Balaban J connectivity index is 1.11. The van der Waals surface area contributed by atoms with Crippen molar-refractivity contribution in [1.29, 1.82) is 0 Å².